The van der Waals surface area contributed by atoms with Gasteiger partial charge in [-0.15, -0.1) is 0 Å². The minimum Gasteiger partial charge on any atom is -0.412 e. The van der Waals surface area contributed by atoms with Crippen LogP contribution in [0.15, 0.2) is 30.3 Å². The first kappa shape index (κ1) is 17.3. The molecule has 1 rings (SSSR count). The fourth-order valence-corrected chi connectivity index (χ4v) is 0.534. The summed E-state index contributed by atoms with van der Waals surface area (Å²) >= 11 is 0. The van der Waals surface area contributed by atoms with E-state index in [0.717, 1.165) is 6.32 Å². The molecule has 0 spiro atoms. The summed E-state index contributed by atoms with van der Waals surface area (Å²) in [6.45, 7) is 3.99. The molecule has 0 aromatic heterocycles. The average Bonchev–Trinajstić information content (AvgIpc) is 1.91. The molecule has 0 saturated carbocycles. The van der Waals surface area contributed by atoms with Crippen molar-refractivity contribution in [1.82, 2.24) is 0 Å². The Hall–Kier alpha value is -0.795. The lowest BCUT2D eigenvalue weighted by atomic mass is 10.1. The van der Waals surface area contributed by atoms with Crippen LogP contribution in [0.25, 0.3) is 0 Å². The second kappa shape index (κ2) is 12.8. The van der Waals surface area contributed by atoms with Gasteiger partial charge in [0.2, 0.25) is 0 Å². The molecule has 0 amide bonds. The molecule has 1 aromatic carbocycles. The summed E-state index contributed by atoms with van der Waals surface area (Å²) in [4.78, 5) is 0. The highest BCUT2D eigenvalue weighted by Crippen LogP contribution is 1.92. The van der Waals surface area contributed by atoms with Crippen LogP contribution in [0.2, 0.25) is 6.32 Å². The molecule has 0 aliphatic heterocycles. The normalized spacial score (nSPS) is 6.50. The zero-order chi connectivity index (χ0) is 7.82. The van der Waals surface area contributed by atoms with Crippen LogP contribution in [0.1, 0.15) is 12.5 Å². The summed E-state index contributed by atoms with van der Waals surface area (Å²) < 4.78 is 0. The van der Waals surface area contributed by atoms with Crippen LogP contribution >= 0.6 is 0 Å². The molecule has 1 aromatic rings. The lowest BCUT2D eigenvalue weighted by molar-refractivity contribution is 0.823. The Morgan fingerprint density at radius 1 is 1.08 bits per heavy atom. The van der Waals surface area contributed by atoms with Crippen LogP contribution < -0.4 is 0 Å². The van der Waals surface area contributed by atoms with Crippen molar-refractivity contribution in [1.29, 1.82) is 0 Å². The zero-order valence-corrected chi connectivity index (χ0v) is 7.67. The molecule has 0 heterocycles. The van der Waals surface area contributed by atoms with Gasteiger partial charge in [0, 0.05) is 0 Å². The van der Waals surface area contributed by atoms with Gasteiger partial charge in [0.05, 0.1) is 7.85 Å². The number of benzene rings is 1. The van der Waals surface area contributed by atoms with Crippen molar-refractivity contribution < 1.29 is 11.0 Å². The molecule has 68 valence electrons. The third kappa shape index (κ3) is 11.9. The summed E-state index contributed by atoms with van der Waals surface area (Å²) in [5.41, 5.74) is 1.32. The maximum Gasteiger partial charge on any atom is 0.0649 e. The molecule has 3 heteroatoms. The topological polar surface area (TPSA) is 63.0 Å². The number of hydrogen-bond donors (Lipinski definition) is 0. The first-order valence-corrected chi connectivity index (χ1v) is 3.53. The van der Waals surface area contributed by atoms with Crippen LogP contribution in [0.3, 0.4) is 0 Å². The first-order chi connectivity index (χ1) is 4.81. The number of aryl methyl sites for hydroxylation is 1. The molecule has 2 nitrogen and oxygen atoms in total. The highest BCUT2D eigenvalue weighted by Gasteiger charge is 1.72. The van der Waals surface area contributed by atoms with E-state index in [1.54, 1.807) is 0 Å². The molecule has 2 radical (unpaired) electrons. The predicted molar refractivity (Wildman–Crippen MR) is 54.6 cm³/mol. The summed E-state index contributed by atoms with van der Waals surface area (Å²) in [5.74, 6) is 0. The molecule has 0 aliphatic carbocycles. The number of rotatable bonds is 0. The van der Waals surface area contributed by atoms with Crippen molar-refractivity contribution in [2.75, 3.05) is 0 Å². The monoisotopic (exact) mass is 168 g/mol. The smallest absolute Gasteiger partial charge is 0.0649 e. The lowest BCUT2D eigenvalue weighted by Gasteiger charge is -1.82. The lowest BCUT2D eigenvalue weighted by Crippen LogP contribution is -1.62. The minimum absolute atomic E-state index is 0. The molecule has 0 fully saturated rings. The van der Waals surface area contributed by atoms with Gasteiger partial charge in [0.1, 0.15) is 0 Å². The van der Waals surface area contributed by atoms with E-state index in [4.69, 9.17) is 7.85 Å². The summed E-state index contributed by atoms with van der Waals surface area (Å²) in [7, 11) is 4.85. The maximum absolute atomic E-state index is 4.85. The molecule has 0 saturated heterocycles. The Balaban J connectivity index is -0.000000146. The van der Waals surface area contributed by atoms with Gasteiger partial charge in [-0.25, -0.2) is 0 Å². The van der Waals surface area contributed by atoms with E-state index in [2.05, 4.69) is 19.1 Å². The van der Waals surface area contributed by atoms with Gasteiger partial charge >= 0.3 is 0 Å². The Kier molecular flexibility index (Phi) is 18.6. The van der Waals surface area contributed by atoms with Gasteiger partial charge in [0.15, 0.2) is 0 Å². The van der Waals surface area contributed by atoms with E-state index in [-0.39, 0.29) is 11.0 Å². The molecule has 0 unspecified atom stereocenters. The molecule has 0 bridgehead atoms. The average molecular weight is 168 g/mol. The third-order valence-corrected chi connectivity index (χ3v) is 0.940. The van der Waals surface area contributed by atoms with E-state index >= 15 is 0 Å². The summed E-state index contributed by atoms with van der Waals surface area (Å²) in [6, 6.07) is 10.3. The molecule has 0 atom stereocenters. The van der Waals surface area contributed by atoms with Gasteiger partial charge < -0.3 is 11.0 Å². The number of hydrogen-bond acceptors (Lipinski definition) is 0. The Labute approximate surface area is 75.6 Å². The van der Waals surface area contributed by atoms with E-state index in [0.29, 0.717) is 0 Å². The fraction of sp³-hybridized carbons (Fsp3) is 0.333. The quantitative estimate of drug-likeness (QED) is 0.517. The van der Waals surface area contributed by atoms with Gasteiger partial charge in [-0.05, 0) is 6.92 Å². The standard InChI is InChI=1S/C7H8.C2H5B.2H2O/c1-7-5-3-2-4-6-7;1-2-3;;/h2-6H,1H3;2H2,1H3;2*1H2. The van der Waals surface area contributed by atoms with Crippen LogP contribution in [-0.4, -0.2) is 18.8 Å². The highest BCUT2D eigenvalue weighted by molar-refractivity contribution is 6.08. The van der Waals surface area contributed by atoms with Gasteiger partial charge in [-0.2, -0.15) is 0 Å². The van der Waals surface area contributed by atoms with Crippen molar-refractivity contribution >= 4 is 7.85 Å². The highest BCUT2D eigenvalue weighted by atomic mass is 16.0. The Morgan fingerprint density at radius 2 is 1.42 bits per heavy atom. The van der Waals surface area contributed by atoms with Crippen molar-refractivity contribution in [2.24, 2.45) is 0 Å². The molecule has 12 heavy (non-hydrogen) atoms. The summed E-state index contributed by atoms with van der Waals surface area (Å²) in [5, 5.41) is 0. The fourth-order valence-electron chi connectivity index (χ4n) is 0.534. The third-order valence-electron chi connectivity index (χ3n) is 0.940. The molecule has 0 aliphatic rings. The molecular formula is C9H17BO2. The van der Waals surface area contributed by atoms with Crippen LogP contribution in [0, 0.1) is 6.92 Å². The first-order valence-electron chi connectivity index (χ1n) is 3.53. The van der Waals surface area contributed by atoms with Gasteiger partial charge in [-0.1, -0.05) is 49.1 Å². The largest absolute Gasteiger partial charge is 0.412 e. The second-order valence-corrected chi connectivity index (χ2v) is 2.06. The van der Waals surface area contributed by atoms with E-state index in [9.17, 15) is 0 Å². The van der Waals surface area contributed by atoms with Crippen molar-refractivity contribution in [2.45, 2.75) is 20.2 Å². The minimum atomic E-state index is 0. The van der Waals surface area contributed by atoms with E-state index in [1.165, 1.54) is 5.56 Å². The van der Waals surface area contributed by atoms with Crippen LogP contribution in [0.5, 0.6) is 0 Å². The molecular weight excluding hydrogens is 151 g/mol. The van der Waals surface area contributed by atoms with Gasteiger partial charge in [-0.3, -0.25) is 0 Å². The van der Waals surface area contributed by atoms with E-state index in [1.807, 2.05) is 25.1 Å². The zero-order valence-electron chi connectivity index (χ0n) is 7.67. The molecule has 4 N–H and O–H groups in total. The van der Waals surface area contributed by atoms with Crippen molar-refractivity contribution in [3.05, 3.63) is 35.9 Å². The Morgan fingerprint density at radius 3 is 1.58 bits per heavy atom. The van der Waals surface area contributed by atoms with E-state index < -0.39 is 0 Å². The second-order valence-electron chi connectivity index (χ2n) is 2.06. The van der Waals surface area contributed by atoms with Gasteiger partial charge in [0.25, 0.3) is 0 Å². The van der Waals surface area contributed by atoms with Crippen molar-refractivity contribution in [3.8, 4) is 0 Å². The SMILES string of the molecule is Cc1ccccc1.O.O.[B]CC. The summed E-state index contributed by atoms with van der Waals surface area (Å²) in [6.07, 6.45) is 0.750. The maximum atomic E-state index is 4.85. The van der Waals surface area contributed by atoms with Crippen molar-refractivity contribution in [3.63, 3.8) is 0 Å². The van der Waals surface area contributed by atoms with Crippen LogP contribution in [0.4, 0.5) is 0 Å². The van der Waals surface area contributed by atoms with Crippen LogP contribution in [-0.2, 0) is 0 Å². The Bertz CT molecular complexity index is 154. The predicted octanol–water partition coefficient (Wildman–Crippen LogP) is 0.939.